The summed E-state index contributed by atoms with van der Waals surface area (Å²) in [6, 6.07) is 13.7. The van der Waals surface area contributed by atoms with Gasteiger partial charge in [0.1, 0.15) is 0 Å². The summed E-state index contributed by atoms with van der Waals surface area (Å²) in [7, 11) is 0. The zero-order chi connectivity index (χ0) is 19.3. The summed E-state index contributed by atoms with van der Waals surface area (Å²) < 4.78 is 0. The zero-order valence-corrected chi connectivity index (χ0v) is 16.7. The Morgan fingerprint density at radius 1 is 1.00 bits per heavy atom. The predicted molar refractivity (Wildman–Crippen MR) is 115 cm³/mol. The minimum absolute atomic E-state index is 0.0371. The number of halogens is 1. The molecule has 5 nitrogen and oxygen atoms in total. The quantitative estimate of drug-likeness (QED) is 0.604. The number of thiophene rings is 1. The Bertz CT molecular complexity index is 964. The van der Waals surface area contributed by atoms with Gasteiger partial charge in [-0.25, -0.2) is 9.97 Å². The topological polar surface area (TPSA) is 49.3 Å². The lowest BCUT2D eigenvalue weighted by Gasteiger charge is -2.34. The summed E-state index contributed by atoms with van der Waals surface area (Å²) >= 11 is 7.60. The molecule has 7 heteroatoms. The first-order valence-corrected chi connectivity index (χ1v) is 10.2. The van der Waals surface area contributed by atoms with Crippen molar-refractivity contribution in [1.82, 2.24) is 14.9 Å². The molecule has 4 rings (SSSR count). The van der Waals surface area contributed by atoms with E-state index < -0.39 is 0 Å². The number of aromatic nitrogens is 2. The second kappa shape index (κ2) is 8.54. The lowest BCUT2D eigenvalue weighted by atomic mass is 10.2. The Kier molecular flexibility index (Phi) is 5.69. The van der Waals surface area contributed by atoms with Gasteiger partial charge in [0.05, 0.1) is 0 Å². The highest BCUT2D eigenvalue weighted by atomic mass is 35.5. The smallest absolute Gasteiger partial charge is 0.246 e. The maximum Gasteiger partial charge on any atom is 0.246 e. The Morgan fingerprint density at radius 3 is 2.43 bits per heavy atom. The first-order chi connectivity index (χ1) is 13.7. The maximum absolute atomic E-state index is 12.5. The summed E-state index contributed by atoms with van der Waals surface area (Å²) in [6.45, 7) is 2.82. The number of anilines is 1. The van der Waals surface area contributed by atoms with Gasteiger partial charge >= 0.3 is 0 Å². The first kappa shape index (κ1) is 18.7. The second-order valence-electron chi connectivity index (χ2n) is 6.40. The van der Waals surface area contributed by atoms with Crippen LogP contribution in [0.1, 0.15) is 4.88 Å². The van der Waals surface area contributed by atoms with E-state index in [1.807, 2.05) is 41.3 Å². The normalized spacial score (nSPS) is 14.6. The van der Waals surface area contributed by atoms with Crippen LogP contribution >= 0.6 is 22.9 Å². The number of benzene rings is 1. The standard InChI is InChI=1S/C21H19ClN4OS/c22-17-4-2-16(3-5-17)19-8-6-18(28-19)7-9-20(27)25-12-14-26(15-13-25)21-23-10-1-11-24-21/h1-11H,12-15H2/b9-7+. The van der Waals surface area contributed by atoms with Crippen molar-refractivity contribution in [2.75, 3.05) is 31.1 Å². The number of hydrogen-bond donors (Lipinski definition) is 0. The van der Waals surface area contributed by atoms with Crippen LogP contribution in [-0.4, -0.2) is 47.0 Å². The van der Waals surface area contributed by atoms with E-state index in [0.29, 0.717) is 13.1 Å². The molecule has 28 heavy (non-hydrogen) atoms. The summed E-state index contributed by atoms with van der Waals surface area (Å²) in [6.07, 6.45) is 7.02. The molecule has 3 aromatic rings. The lowest BCUT2D eigenvalue weighted by Crippen LogP contribution is -2.48. The van der Waals surface area contributed by atoms with Crippen molar-refractivity contribution in [3.05, 3.63) is 70.8 Å². The molecule has 1 fully saturated rings. The summed E-state index contributed by atoms with van der Waals surface area (Å²) in [5, 5.41) is 0.727. The molecule has 1 amide bonds. The monoisotopic (exact) mass is 410 g/mol. The Morgan fingerprint density at radius 2 is 1.71 bits per heavy atom. The maximum atomic E-state index is 12.5. The second-order valence-corrected chi connectivity index (χ2v) is 7.96. The van der Waals surface area contributed by atoms with Crippen molar-refractivity contribution in [2.24, 2.45) is 0 Å². The third kappa shape index (κ3) is 4.40. The van der Waals surface area contributed by atoms with Crippen LogP contribution in [0.2, 0.25) is 5.02 Å². The molecule has 0 radical (unpaired) electrons. The van der Waals surface area contributed by atoms with Crippen molar-refractivity contribution >= 4 is 40.9 Å². The molecule has 1 aromatic carbocycles. The minimum atomic E-state index is 0.0371. The lowest BCUT2D eigenvalue weighted by molar-refractivity contribution is -0.126. The van der Waals surface area contributed by atoms with Gasteiger partial charge < -0.3 is 9.80 Å². The van der Waals surface area contributed by atoms with Gasteiger partial charge in [-0.2, -0.15) is 0 Å². The van der Waals surface area contributed by atoms with E-state index in [9.17, 15) is 4.79 Å². The van der Waals surface area contributed by atoms with Crippen molar-refractivity contribution < 1.29 is 4.79 Å². The van der Waals surface area contributed by atoms with Crippen molar-refractivity contribution in [2.45, 2.75) is 0 Å². The average Bonchev–Trinajstić information content (AvgIpc) is 3.22. The molecule has 0 N–H and O–H groups in total. The molecule has 1 aliphatic rings. The summed E-state index contributed by atoms with van der Waals surface area (Å²) in [5.41, 5.74) is 1.12. The highest BCUT2D eigenvalue weighted by Crippen LogP contribution is 2.29. The zero-order valence-electron chi connectivity index (χ0n) is 15.2. The molecule has 0 aliphatic carbocycles. The fraction of sp³-hybridized carbons (Fsp3) is 0.190. The number of carbonyl (C=O) groups is 1. The highest BCUT2D eigenvalue weighted by Gasteiger charge is 2.21. The Balaban J connectivity index is 1.34. The number of rotatable bonds is 4. The fourth-order valence-electron chi connectivity index (χ4n) is 3.05. The number of amides is 1. The molecular formula is C21H19ClN4OS. The van der Waals surface area contributed by atoms with Crippen molar-refractivity contribution in [3.8, 4) is 10.4 Å². The molecule has 2 aromatic heterocycles. The van der Waals surface area contributed by atoms with E-state index in [2.05, 4.69) is 20.9 Å². The fourth-order valence-corrected chi connectivity index (χ4v) is 4.09. The van der Waals surface area contributed by atoms with Gasteiger partial charge in [0.15, 0.2) is 0 Å². The molecule has 0 unspecified atom stereocenters. The first-order valence-electron chi connectivity index (χ1n) is 9.04. The third-order valence-corrected chi connectivity index (χ3v) is 5.92. The number of carbonyl (C=O) groups excluding carboxylic acids is 1. The van der Waals surface area contributed by atoms with Crippen molar-refractivity contribution in [1.29, 1.82) is 0 Å². The average molecular weight is 411 g/mol. The molecule has 142 valence electrons. The van der Waals surface area contributed by atoms with Gasteiger partial charge in [0.25, 0.3) is 0 Å². The van der Waals surface area contributed by atoms with Gasteiger partial charge in [-0.15, -0.1) is 11.3 Å². The van der Waals surface area contributed by atoms with E-state index in [4.69, 9.17) is 11.6 Å². The van der Waals surface area contributed by atoms with Gasteiger partial charge in [-0.3, -0.25) is 4.79 Å². The third-order valence-electron chi connectivity index (χ3n) is 4.57. The molecule has 1 saturated heterocycles. The van der Waals surface area contributed by atoms with E-state index >= 15 is 0 Å². The molecular weight excluding hydrogens is 392 g/mol. The minimum Gasteiger partial charge on any atom is -0.337 e. The Labute approximate surface area is 172 Å². The predicted octanol–water partition coefficient (Wildman–Crippen LogP) is 4.22. The van der Waals surface area contributed by atoms with Crippen LogP contribution in [0.15, 0.2) is 60.9 Å². The van der Waals surface area contributed by atoms with Gasteiger partial charge in [0.2, 0.25) is 11.9 Å². The Hall–Kier alpha value is -2.70. The van der Waals surface area contributed by atoms with Crippen LogP contribution < -0.4 is 4.90 Å². The van der Waals surface area contributed by atoms with Crippen LogP contribution in [0, 0.1) is 0 Å². The van der Waals surface area contributed by atoms with Crippen molar-refractivity contribution in [3.63, 3.8) is 0 Å². The van der Waals surface area contributed by atoms with E-state index in [1.165, 1.54) is 0 Å². The molecule has 0 saturated carbocycles. The van der Waals surface area contributed by atoms with Gasteiger partial charge in [-0.05, 0) is 42.0 Å². The van der Waals surface area contributed by atoms with Gasteiger partial charge in [-0.1, -0.05) is 23.7 Å². The van der Waals surface area contributed by atoms with E-state index in [-0.39, 0.29) is 5.91 Å². The van der Waals surface area contributed by atoms with Gasteiger partial charge in [0, 0.05) is 59.4 Å². The molecule has 0 bridgehead atoms. The molecule has 0 spiro atoms. The highest BCUT2D eigenvalue weighted by molar-refractivity contribution is 7.16. The van der Waals surface area contributed by atoms with Crippen LogP contribution in [0.4, 0.5) is 5.95 Å². The number of nitrogens with zero attached hydrogens (tertiary/aromatic N) is 4. The van der Waals surface area contributed by atoms with Crippen LogP contribution in [0.3, 0.4) is 0 Å². The summed E-state index contributed by atoms with van der Waals surface area (Å²) in [5.74, 6) is 0.758. The number of hydrogen-bond acceptors (Lipinski definition) is 5. The largest absolute Gasteiger partial charge is 0.337 e. The number of piperazine rings is 1. The molecule has 3 heterocycles. The molecule has 0 atom stereocenters. The van der Waals surface area contributed by atoms with E-state index in [1.54, 1.807) is 35.9 Å². The van der Waals surface area contributed by atoms with Crippen LogP contribution in [-0.2, 0) is 4.79 Å². The van der Waals surface area contributed by atoms with Crippen LogP contribution in [0.5, 0.6) is 0 Å². The molecule has 1 aliphatic heterocycles. The SMILES string of the molecule is O=C(/C=C/c1ccc(-c2ccc(Cl)cc2)s1)N1CCN(c2ncccn2)CC1. The van der Waals surface area contributed by atoms with E-state index in [0.717, 1.165) is 39.4 Å². The van der Waals surface area contributed by atoms with Crippen LogP contribution in [0.25, 0.3) is 16.5 Å². The summed E-state index contributed by atoms with van der Waals surface area (Å²) in [4.78, 5) is 27.2.